The average molecular weight is 501 g/mol. The third-order valence-electron chi connectivity index (χ3n) is 4.54. The number of benzene rings is 2. The maximum Gasteiger partial charge on any atom is 0.296 e. The molecule has 10 heteroatoms. The van der Waals surface area contributed by atoms with Crippen molar-refractivity contribution < 1.29 is 34.7 Å². The number of hydrogen-bond donors (Lipinski definition) is 0. The summed E-state index contributed by atoms with van der Waals surface area (Å²) in [6, 6.07) is 13.0. The van der Waals surface area contributed by atoms with Gasteiger partial charge >= 0.3 is 0 Å². The molecule has 0 fully saturated rings. The zero-order valence-corrected chi connectivity index (χ0v) is 20.7. The quantitative estimate of drug-likeness (QED) is 0.254. The Labute approximate surface area is 197 Å². The second-order valence-corrected chi connectivity index (χ2v) is 10.7. The molecule has 2 rings (SSSR count). The Morgan fingerprint density at radius 1 is 0.515 bits per heavy atom. The van der Waals surface area contributed by atoms with Crippen molar-refractivity contribution in [2.45, 2.75) is 42.9 Å². The maximum absolute atomic E-state index is 12.0. The fourth-order valence-electron chi connectivity index (χ4n) is 2.67. The molecule has 33 heavy (non-hydrogen) atoms. The molecule has 0 aromatic heterocycles. The SMILES string of the molecule is Cc1ccc(S(=O)(=O)OCCCOCCCOCCCOS(=O)(=O)c2ccc(C)cc2)cc1. The van der Waals surface area contributed by atoms with E-state index in [4.69, 9.17) is 17.8 Å². The Morgan fingerprint density at radius 2 is 0.818 bits per heavy atom. The molecule has 0 atom stereocenters. The van der Waals surface area contributed by atoms with Crippen LogP contribution >= 0.6 is 0 Å². The van der Waals surface area contributed by atoms with Crippen molar-refractivity contribution in [3.05, 3.63) is 59.7 Å². The highest BCUT2D eigenvalue weighted by atomic mass is 32.2. The van der Waals surface area contributed by atoms with Gasteiger partial charge in [0.15, 0.2) is 0 Å². The number of aryl methyl sites for hydroxylation is 2. The van der Waals surface area contributed by atoms with Crippen LogP contribution in [0.3, 0.4) is 0 Å². The van der Waals surface area contributed by atoms with Gasteiger partial charge in [-0.1, -0.05) is 35.4 Å². The van der Waals surface area contributed by atoms with E-state index in [1.807, 2.05) is 13.8 Å². The van der Waals surface area contributed by atoms with Crippen molar-refractivity contribution in [2.75, 3.05) is 39.6 Å². The summed E-state index contributed by atoms with van der Waals surface area (Å²) in [5.41, 5.74) is 1.96. The van der Waals surface area contributed by atoms with Crippen LogP contribution in [0.2, 0.25) is 0 Å². The average Bonchev–Trinajstić information content (AvgIpc) is 2.77. The maximum atomic E-state index is 12.0. The Bertz CT molecular complexity index is 945. The van der Waals surface area contributed by atoms with Gasteiger partial charge in [0.2, 0.25) is 0 Å². The molecule has 0 aliphatic heterocycles. The molecular formula is C23H32O8S2. The molecule has 2 aromatic carbocycles. The molecule has 0 N–H and O–H groups in total. The highest BCUT2D eigenvalue weighted by molar-refractivity contribution is 7.87. The molecule has 184 valence electrons. The first kappa shape index (κ1) is 27.4. The molecule has 8 nitrogen and oxygen atoms in total. The molecular weight excluding hydrogens is 468 g/mol. The summed E-state index contributed by atoms with van der Waals surface area (Å²) in [6.07, 6.45) is 1.59. The Hall–Kier alpha value is -1.82. The van der Waals surface area contributed by atoms with Gasteiger partial charge in [0.1, 0.15) is 0 Å². The third kappa shape index (κ3) is 10.3. The lowest BCUT2D eigenvalue weighted by Gasteiger charge is -2.08. The molecule has 0 saturated carbocycles. The van der Waals surface area contributed by atoms with Gasteiger partial charge in [0.25, 0.3) is 20.2 Å². The van der Waals surface area contributed by atoms with Crippen LogP contribution in [0.1, 0.15) is 30.4 Å². The standard InChI is InChI=1S/C23H32O8S2/c1-20-6-10-22(11-7-20)32(24,25)30-18-4-16-28-14-3-15-29-17-5-19-31-33(26,27)23-12-8-21(2)9-13-23/h6-13H,3-5,14-19H2,1-2H3. The van der Waals surface area contributed by atoms with Crippen LogP contribution in [-0.2, 0) is 38.1 Å². The van der Waals surface area contributed by atoms with Gasteiger partial charge < -0.3 is 9.47 Å². The van der Waals surface area contributed by atoms with Gasteiger partial charge in [-0.25, -0.2) is 0 Å². The molecule has 0 radical (unpaired) electrons. The van der Waals surface area contributed by atoms with Crippen LogP contribution in [0, 0.1) is 13.8 Å². The van der Waals surface area contributed by atoms with Crippen LogP contribution in [-0.4, -0.2) is 56.5 Å². The smallest absolute Gasteiger partial charge is 0.296 e. The first-order valence-corrected chi connectivity index (χ1v) is 13.6. The fourth-order valence-corrected chi connectivity index (χ4v) is 4.56. The lowest BCUT2D eigenvalue weighted by atomic mass is 10.2. The highest BCUT2D eigenvalue weighted by Gasteiger charge is 2.15. The minimum atomic E-state index is -3.74. The zero-order chi connectivity index (χ0) is 24.2. The summed E-state index contributed by atoms with van der Waals surface area (Å²) in [5, 5.41) is 0. The minimum Gasteiger partial charge on any atom is -0.381 e. The molecule has 0 aliphatic carbocycles. The van der Waals surface area contributed by atoms with E-state index in [1.54, 1.807) is 24.3 Å². The van der Waals surface area contributed by atoms with E-state index in [2.05, 4.69) is 0 Å². The number of rotatable bonds is 16. The van der Waals surface area contributed by atoms with E-state index in [0.717, 1.165) is 11.1 Å². The van der Waals surface area contributed by atoms with Gasteiger partial charge in [-0.15, -0.1) is 0 Å². The van der Waals surface area contributed by atoms with E-state index in [9.17, 15) is 16.8 Å². The molecule has 0 unspecified atom stereocenters. The first-order valence-electron chi connectivity index (χ1n) is 10.8. The predicted octanol–water partition coefficient (Wildman–Crippen LogP) is 3.62. The van der Waals surface area contributed by atoms with E-state index >= 15 is 0 Å². The summed E-state index contributed by atoms with van der Waals surface area (Å²) >= 11 is 0. The molecule has 0 heterocycles. The molecule has 0 spiro atoms. The number of hydrogen-bond acceptors (Lipinski definition) is 8. The fraction of sp³-hybridized carbons (Fsp3) is 0.478. The van der Waals surface area contributed by atoms with Crippen molar-refractivity contribution in [1.29, 1.82) is 0 Å². The second-order valence-electron chi connectivity index (χ2n) is 7.46. The largest absolute Gasteiger partial charge is 0.381 e. The lowest BCUT2D eigenvalue weighted by molar-refractivity contribution is 0.0736. The van der Waals surface area contributed by atoms with Crippen molar-refractivity contribution in [3.8, 4) is 0 Å². The van der Waals surface area contributed by atoms with Crippen LogP contribution in [0.15, 0.2) is 58.3 Å². The topological polar surface area (TPSA) is 105 Å². The van der Waals surface area contributed by atoms with Gasteiger partial charge in [-0.3, -0.25) is 8.37 Å². The van der Waals surface area contributed by atoms with Crippen LogP contribution in [0.5, 0.6) is 0 Å². The van der Waals surface area contributed by atoms with E-state index < -0.39 is 20.2 Å². The van der Waals surface area contributed by atoms with Crippen LogP contribution in [0.25, 0.3) is 0 Å². The van der Waals surface area contributed by atoms with Crippen molar-refractivity contribution in [1.82, 2.24) is 0 Å². The Balaban J connectivity index is 1.44. The predicted molar refractivity (Wildman–Crippen MR) is 124 cm³/mol. The summed E-state index contributed by atoms with van der Waals surface area (Å²) in [7, 11) is -7.48. The highest BCUT2D eigenvalue weighted by Crippen LogP contribution is 2.14. The van der Waals surface area contributed by atoms with Crippen molar-refractivity contribution >= 4 is 20.2 Å². The van der Waals surface area contributed by atoms with Gasteiger partial charge in [-0.05, 0) is 57.4 Å². The van der Waals surface area contributed by atoms with Crippen LogP contribution < -0.4 is 0 Å². The summed E-state index contributed by atoms with van der Waals surface area (Å²) in [5.74, 6) is 0. The lowest BCUT2D eigenvalue weighted by Crippen LogP contribution is -2.11. The Morgan fingerprint density at radius 3 is 1.15 bits per heavy atom. The second kappa shape index (κ2) is 13.8. The molecule has 0 amide bonds. The van der Waals surface area contributed by atoms with Crippen LogP contribution in [0.4, 0.5) is 0 Å². The van der Waals surface area contributed by atoms with E-state index in [0.29, 0.717) is 45.7 Å². The molecule has 0 saturated heterocycles. The monoisotopic (exact) mass is 500 g/mol. The van der Waals surface area contributed by atoms with Gasteiger partial charge in [0.05, 0.1) is 23.0 Å². The summed E-state index contributed by atoms with van der Waals surface area (Å²) in [4.78, 5) is 0.286. The normalized spacial score (nSPS) is 12.2. The molecule has 2 aromatic rings. The molecule has 0 bridgehead atoms. The zero-order valence-electron chi connectivity index (χ0n) is 19.1. The summed E-state index contributed by atoms with van der Waals surface area (Å²) in [6.45, 7) is 5.59. The summed E-state index contributed by atoms with van der Waals surface area (Å²) < 4.78 is 69.1. The van der Waals surface area contributed by atoms with Gasteiger partial charge in [0, 0.05) is 26.4 Å². The third-order valence-corrected chi connectivity index (χ3v) is 7.19. The van der Waals surface area contributed by atoms with Crippen molar-refractivity contribution in [3.63, 3.8) is 0 Å². The number of ether oxygens (including phenoxy) is 2. The van der Waals surface area contributed by atoms with Crippen molar-refractivity contribution in [2.24, 2.45) is 0 Å². The molecule has 0 aliphatic rings. The van der Waals surface area contributed by atoms with E-state index in [-0.39, 0.29) is 23.0 Å². The van der Waals surface area contributed by atoms with Gasteiger partial charge in [-0.2, -0.15) is 16.8 Å². The first-order chi connectivity index (χ1) is 15.7. The van der Waals surface area contributed by atoms with E-state index in [1.165, 1.54) is 24.3 Å². The Kier molecular flexibility index (Phi) is 11.5. The minimum absolute atomic E-state index is 0.0538.